The van der Waals surface area contributed by atoms with E-state index in [2.05, 4.69) is 4.90 Å². The lowest BCUT2D eigenvalue weighted by Gasteiger charge is -2.57. The second-order valence-corrected chi connectivity index (χ2v) is 10.3. The van der Waals surface area contributed by atoms with E-state index in [1.54, 1.807) is 0 Å². The number of nitrogens with zero attached hydrogens (tertiary/aromatic N) is 2. The molecule has 1 heterocycles. The molecule has 2 amide bonds. The lowest BCUT2D eigenvalue weighted by molar-refractivity contribution is -0.159. The Balaban J connectivity index is 1.16. The second kappa shape index (κ2) is 6.83. The van der Waals surface area contributed by atoms with Crippen molar-refractivity contribution in [2.75, 3.05) is 26.2 Å². The van der Waals surface area contributed by atoms with Crippen LogP contribution in [0.4, 0.5) is 0 Å². The summed E-state index contributed by atoms with van der Waals surface area (Å²) < 4.78 is 0. The Morgan fingerprint density at radius 3 is 1.97 bits per heavy atom. The van der Waals surface area contributed by atoms with Crippen molar-refractivity contribution < 1.29 is 9.59 Å². The molecule has 7 rings (SSSR count). The van der Waals surface area contributed by atoms with Gasteiger partial charge in [-0.15, -0.1) is 0 Å². The number of hydrogen-bond donors (Lipinski definition) is 0. The second-order valence-electron chi connectivity index (χ2n) is 10.3. The summed E-state index contributed by atoms with van der Waals surface area (Å²) in [6, 6.07) is 14.0. The highest BCUT2D eigenvalue weighted by Crippen LogP contribution is 2.60. The molecule has 4 saturated carbocycles. The van der Waals surface area contributed by atoms with Crippen LogP contribution in [0.1, 0.15) is 48.9 Å². The maximum Gasteiger partial charge on any atom is 0.254 e. The molecule has 4 nitrogen and oxygen atoms in total. The molecule has 156 valence electrons. The first-order valence-electron chi connectivity index (χ1n) is 11.7. The molecule has 4 bridgehead atoms. The lowest BCUT2D eigenvalue weighted by atomic mass is 9.49. The normalized spacial score (nSPS) is 32.6. The predicted octanol–water partition coefficient (Wildman–Crippen LogP) is 4.34. The number of amides is 2. The zero-order valence-electron chi connectivity index (χ0n) is 17.6. The fourth-order valence-corrected chi connectivity index (χ4v) is 7.40. The Labute approximate surface area is 178 Å². The van der Waals surface area contributed by atoms with E-state index in [-0.39, 0.29) is 11.3 Å². The maximum atomic E-state index is 13.6. The molecular formula is C26H30N2O2. The van der Waals surface area contributed by atoms with E-state index in [1.807, 2.05) is 47.4 Å². The molecule has 0 atom stereocenters. The first kappa shape index (κ1) is 18.4. The van der Waals surface area contributed by atoms with Gasteiger partial charge in [-0.05, 0) is 73.1 Å². The molecule has 4 aliphatic carbocycles. The number of rotatable bonds is 2. The Morgan fingerprint density at radius 2 is 1.30 bits per heavy atom. The molecule has 0 spiro atoms. The van der Waals surface area contributed by atoms with E-state index in [9.17, 15) is 9.59 Å². The Kier molecular flexibility index (Phi) is 4.19. The minimum atomic E-state index is -0.0729. The van der Waals surface area contributed by atoms with Gasteiger partial charge in [0.25, 0.3) is 5.91 Å². The van der Waals surface area contributed by atoms with Crippen LogP contribution in [-0.4, -0.2) is 47.8 Å². The summed E-state index contributed by atoms with van der Waals surface area (Å²) >= 11 is 0. The maximum absolute atomic E-state index is 13.6. The fraction of sp³-hybridized carbons (Fsp3) is 0.538. The molecule has 0 N–H and O–H groups in total. The lowest BCUT2D eigenvalue weighted by Crippen LogP contribution is -2.58. The highest BCUT2D eigenvalue weighted by Gasteiger charge is 2.55. The zero-order valence-corrected chi connectivity index (χ0v) is 17.6. The molecule has 0 unspecified atom stereocenters. The topological polar surface area (TPSA) is 40.6 Å². The number of fused-ring (bicyclic) bond motifs is 1. The minimum Gasteiger partial charge on any atom is -0.339 e. The van der Waals surface area contributed by atoms with E-state index in [0.29, 0.717) is 32.1 Å². The van der Waals surface area contributed by atoms with Crippen molar-refractivity contribution in [1.29, 1.82) is 0 Å². The standard InChI is InChI=1S/C26H30N2O2/c29-24(23-7-3-5-21-4-1-2-6-22(21)23)27-8-10-28(11-9-27)25(30)26-15-18-12-19(16-26)14-20(13-18)17-26/h1-7,18-20H,8-17H2. The van der Waals surface area contributed by atoms with Crippen LogP contribution >= 0.6 is 0 Å². The smallest absolute Gasteiger partial charge is 0.254 e. The molecule has 2 aromatic carbocycles. The van der Waals surface area contributed by atoms with Crippen LogP contribution < -0.4 is 0 Å². The number of piperazine rings is 1. The first-order chi connectivity index (χ1) is 14.6. The summed E-state index contributed by atoms with van der Waals surface area (Å²) in [5, 5.41) is 2.11. The largest absolute Gasteiger partial charge is 0.339 e. The van der Waals surface area contributed by atoms with Crippen molar-refractivity contribution in [1.82, 2.24) is 9.80 Å². The highest BCUT2D eigenvalue weighted by atomic mass is 16.2. The van der Waals surface area contributed by atoms with Crippen molar-refractivity contribution in [2.45, 2.75) is 38.5 Å². The Hall–Kier alpha value is -2.36. The van der Waals surface area contributed by atoms with E-state index in [4.69, 9.17) is 0 Å². The third kappa shape index (κ3) is 2.87. The summed E-state index contributed by atoms with van der Waals surface area (Å²) in [4.78, 5) is 30.8. The van der Waals surface area contributed by atoms with Crippen LogP contribution in [0.2, 0.25) is 0 Å². The van der Waals surface area contributed by atoms with Gasteiger partial charge < -0.3 is 9.80 Å². The molecule has 0 aromatic heterocycles. The molecule has 2 aromatic rings. The third-order valence-electron chi connectivity index (χ3n) is 8.37. The summed E-state index contributed by atoms with van der Waals surface area (Å²) in [6.07, 6.45) is 7.44. The fourth-order valence-electron chi connectivity index (χ4n) is 7.40. The quantitative estimate of drug-likeness (QED) is 0.750. The highest BCUT2D eigenvalue weighted by molar-refractivity contribution is 6.07. The molecule has 4 heteroatoms. The summed E-state index contributed by atoms with van der Waals surface area (Å²) in [5.41, 5.74) is 0.699. The molecule has 5 fully saturated rings. The number of benzene rings is 2. The number of carbonyl (C=O) groups is 2. The summed E-state index contributed by atoms with van der Waals surface area (Å²) in [7, 11) is 0. The van der Waals surface area contributed by atoms with Crippen molar-refractivity contribution in [2.24, 2.45) is 23.2 Å². The van der Waals surface area contributed by atoms with Crippen LogP contribution in [-0.2, 0) is 4.79 Å². The monoisotopic (exact) mass is 402 g/mol. The summed E-state index contributed by atoms with van der Waals surface area (Å²) in [5.74, 6) is 2.85. The van der Waals surface area contributed by atoms with Gasteiger partial charge in [0.05, 0.1) is 5.41 Å². The van der Waals surface area contributed by atoms with Gasteiger partial charge in [-0.25, -0.2) is 0 Å². The van der Waals surface area contributed by atoms with Gasteiger partial charge in [0.1, 0.15) is 0 Å². The van der Waals surface area contributed by atoms with Crippen LogP contribution in [0.5, 0.6) is 0 Å². The van der Waals surface area contributed by atoms with Crippen LogP contribution in [0.25, 0.3) is 10.8 Å². The van der Waals surface area contributed by atoms with Gasteiger partial charge in [-0.3, -0.25) is 9.59 Å². The molecule has 30 heavy (non-hydrogen) atoms. The van der Waals surface area contributed by atoms with Crippen LogP contribution in [0.3, 0.4) is 0 Å². The molecule has 1 aliphatic heterocycles. The summed E-state index contributed by atoms with van der Waals surface area (Å²) in [6.45, 7) is 2.63. The van der Waals surface area contributed by atoms with Crippen molar-refractivity contribution in [3.8, 4) is 0 Å². The number of carbonyl (C=O) groups excluding carboxylic acids is 2. The van der Waals surface area contributed by atoms with E-state index < -0.39 is 0 Å². The van der Waals surface area contributed by atoms with Crippen LogP contribution in [0, 0.1) is 23.2 Å². The Bertz CT molecular complexity index is 964. The minimum absolute atomic E-state index is 0.0729. The number of hydrogen-bond acceptors (Lipinski definition) is 2. The molecule has 1 saturated heterocycles. The zero-order chi connectivity index (χ0) is 20.3. The molecule has 0 radical (unpaired) electrons. The van der Waals surface area contributed by atoms with E-state index in [1.165, 1.54) is 19.3 Å². The molecule has 5 aliphatic rings. The van der Waals surface area contributed by atoms with E-state index in [0.717, 1.165) is 53.4 Å². The van der Waals surface area contributed by atoms with Crippen LogP contribution in [0.15, 0.2) is 42.5 Å². The van der Waals surface area contributed by atoms with Crippen molar-refractivity contribution >= 4 is 22.6 Å². The average molecular weight is 403 g/mol. The first-order valence-corrected chi connectivity index (χ1v) is 11.7. The van der Waals surface area contributed by atoms with Gasteiger partial charge in [0.2, 0.25) is 5.91 Å². The average Bonchev–Trinajstić information content (AvgIpc) is 2.77. The van der Waals surface area contributed by atoms with Crippen molar-refractivity contribution in [3.63, 3.8) is 0 Å². The third-order valence-corrected chi connectivity index (χ3v) is 8.37. The van der Waals surface area contributed by atoms with Gasteiger partial charge in [0, 0.05) is 31.7 Å². The van der Waals surface area contributed by atoms with Gasteiger partial charge in [0.15, 0.2) is 0 Å². The Morgan fingerprint density at radius 1 is 0.733 bits per heavy atom. The SMILES string of the molecule is O=C(c1cccc2ccccc12)N1CCN(C(=O)C23CC4CC(CC(C4)C2)C3)CC1. The van der Waals surface area contributed by atoms with Crippen molar-refractivity contribution in [3.05, 3.63) is 48.0 Å². The molecular weight excluding hydrogens is 372 g/mol. The van der Waals surface area contributed by atoms with Gasteiger partial charge in [-0.2, -0.15) is 0 Å². The predicted molar refractivity (Wildman–Crippen MR) is 117 cm³/mol. The van der Waals surface area contributed by atoms with Gasteiger partial charge in [-0.1, -0.05) is 36.4 Å². The van der Waals surface area contributed by atoms with Gasteiger partial charge >= 0.3 is 0 Å². The van der Waals surface area contributed by atoms with E-state index >= 15 is 0 Å².